The van der Waals surface area contributed by atoms with Gasteiger partial charge in [0.2, 0.25) is 0 Å². The number of amides is 1. The number of halogens is 3. The van der Waals surface area contributed by atoms with Crippen LogP contribution in [0, 0.1) is 5.82 Å². The fourth-order valence-corrected chi connectivity index (χ4v) is 2.79. The lowest BCUT2D eigenvalue weighted by Crippen LogP contribution is -2.29. The molecule has 0 aliphatic rings. The van der Waals surface area contributed by atoms with Gasteiger partial charge in [0, 0.05) is 5.02 Å². The molecule has 0 radical (unpaired) electrons. The molecule has 1 amide bonds. The molecule has 0 aliphatic carbocycles. The Balaban J connectivity index is 2.14. The SMILES string of the molecule is O=C(NS(=O)(=O)/C=C/c1ccc(Cl)cc1)c1ccc(F)cc1Cl. The fourth-order valence-electron chi connectivity index (χ4n) is 1.63. The zero-order valence-corrected chi connectivity index (χ0v) is 13.8. The van der Waals surface area contributed by atoms with Crippen LogP contribution in [0.25, 0.3) is 6.08 Å². The van der Waals surface area contributed by atoms with Crippen LogP contribution in [0.15, 0.2) is 47.9 Å². The van der Waals surface area contributed by atoms with Gasteiger partial charge in [0.1, 0.15) is 5.82 Å². The van der Waals surface area contributed by atoms with E-state index in [1.165, 1.54) is 6.08 Å². The van der Waals surface area contributed by atoms with Gasteiger partial charge < -0.3 is 0 Å². The van der Waals surface area contributed by atoms with Gasteiger partial charge >= 0.3 is 0 Å². The molecule has 23 heavy (non-hydrogen) atoms. The smallest absolute Gasteiger partial charge is 0.266 e. The Hall–Kier alpha value is -1.89. The van der Waals surface area contributed by atoms with Gasteiger partial charge in [-0.25, -0.2) is 17.5 Å². The highest BCUT2D eigenvalue weighted by Gasteiger charge is 2.16. The Morgan fingerprint density at radius 2 is 1.74 bits per heavy atom. The molecule has 0 saturated heterocycles. The molecular formula is C15H10Cl2FNO3S. The van der Waals surface area contributed by atoms with Gasteiger partial charge in [-0.15, -0.1) is 0 Å². The number of benzene rings is 2. The van der Waals surface area contributed by atoms with E-state index in [0.29, 0.717) is 10.6 Å². The minimum atomic E-state index is -4.03. The Kier molecular flexibility index (Phi) is 5.41. The summed E-state index contributed by atoms with van der Waals surface area (Å²) in [4.78, 5) is 11.9. The molecule has 0 fully saturated rings. The molecule has 4 nitrogen and oxygen atoms in total. The third-order valence-electron chi connectivity index (χ3n) is 2.72. The number of hydrogen-bond donors (Lipinski definition) is 1. The number of sulfonamides is 1. The van der Waals surface area contributed by atoms with Crippen LogP contribution in [0.4, 0.5) is 4.39 Å². The van der Waals surface area contributed by atoms with Gasteiger partial charge in [-0.05, 0) is 42.0 Å². The molecule has 2 aromatic rings. The van der Waals surface area contributed by atoms with Gasteiger partial charge in [-0.2, -0.15) is 0 Å². The highest BCUT2D eigenvalue weighted by atomic mass is 35.5. The first-order chi connectivity index (χ1) is 10.8. The first-order valence-corrected chi connectivity index (χ1v) is 8.53. The summed E-state index contributed by atoms with van der Waals surface area (Å²) in [6, 6.07) is 9.48. The summed E-state index contributed by atoms with van der Waals surface area (Å²) in [5.41, 5.74) is 0.448. The van der Waals surface area contributed by atoms with Crippen molar-refractivity contribution in [3.63, 3.8) is 0 Å². The van der Waals surface area contributed by atoms with Crippen LogP contribution in [0.5, 0.6) is 0 Å². The number of nitrogens with one attached hydrogen (secondary N) is 1. The largest absolute Gasteiger partial charge is 0.268 e. The maximum absolute atomic E-state index is 12.9. The van der Waals surface area contributed by atoms with Gasteiger partial charge in [-0.1, -0.05) is 35.3 Å². The summed E-state index contributed by atoms with van der Waals surface area (Å²) in [7, 11) is -4.03. The highest BCUT2D eigenvalue weighted by Crippen LogP contribution is 2.17. The van der Waals surface area contributed by atoms with Crippen LogP contribution >= 0.6 is 23.2 Å². The lowest BCUT2D eigenvalue weighted by Gasteiger charge is -2.05. The molecule has 2 rings (SSSR count). The predicted molar refractivity (Wildman–Crippen MR) is 88.3 cm³/mol. The molecule has 0 unspecified atom stereocenters. The van der Waals surface area contributed by atoms with E-state index in [0.717, 1.165) is 23.6 Å². The monoisotopic (exact) mass is 373 g/mol. The van der Waals surface area contributed by atoms with Gasteiger partial charge in [0.15, 0.2) is 0 Å². The molecule has 0 saturated carbocycles. The second-order valence-electron chi connectivity index (χ2n) is 4.45. The van der Waals surface area contributed by atoms with E-state index in [2.05, 4.69) is 0 Å². The fraction of sp³-hybridized carbons (Fsp3) is 0. The zero-order chi connectivity index (χ0) is 17.0. The van der Waals surface area contributed by atoms with Crippen molar-refractivity contribution in [2.75, 3.05) is 0 Å². The van der Waals surface area contributed by atoms with Crippen LogP contribution in [0.3, 0.4) is 0 Å². The maximum Gasteiger partial charge on any atom is 0.266 e. The second-order valence-corrected chi connectivity index (χ2v) is 6.86. The second kappa shape index (κ2) is 7.12. The van der Waals surface area contributed by atoms with E-state index >= 15 is 0 Å². The summed E-state index contributed by atoms with van der Waals surface area (Å²) in [5.74, 6) is -1.58. The van der Waals surface area contributed by atoms with E-state index in [1.54, 1.807) is 24.3 Å². The quantitative estimate of drug-likeness (QED) is 0.884. The van der Waals surface area contributed by atoms with Crippen LogP contribution in [0.1, 0.15) is 15.9 Å². The number of carbonyl (C=O) groups is 1. The first-order valence-electron chi connectivity index (χ1n) is 6.23. The Labute approximate surface area is 142 Å². The van der Waals surface area contributed by atoms with E-state index in [1.807, 2.05) is 4.72 Å². The summed E-state index contributed by atoms with van der Waals surface area (Å²) in [6.45, 7) is 0. The minimum absolute atomic E-state index is 0.142. The van der Waals surface area contributed by atoms with E-state index in [9.17, 15) is 17.6 Å². The molecular weight excluding hydrogens is 364 g/mol. The molecule has 1 N–H and O–H groups in total. The molecule has 120 valence electrons. The maximum atomic E-state index is 12.9. The van der Waals surface area contributed by atoms with Crippen LogP contribution in [-0.4, -0.2) is 14.3 Å². The van der Waals surface area contributed by atoms with E-state index in [-0.39, 0.29) is 10.6 Å². The number of rotatable bonds is 4. The Morgan fingerprint density at radius 3 is 2.35 bits per heavy atom. The Morgan fingerprint density at radius 1 is 1.09 bits per heavy atom. The molecule has 0 aromatic heterocycles. The van der Waals surface area contributed by atoms with Crippen LogP contribution in [-0.2, 0) is 10.0 Å². The van der Waals surface area contributed by atoms with Gasteiger partial charge in [0.05, 0.1) is 16.0 Å². The lowest BCUT2D eigenvalue weighted by molar-refractivity contribution is 0.0982. The van der Waals surface area contributed by atoms with Crippen molar-refractivity contribution in [2.24, 2.45) is 0 Å². The van der Waals surface area contributed by atoms with Crippen molar-refractivity contribution >= 4 is 45.2 Å². The molecule has 0 spiro atoms. The standard InChI is InChI=1S/C15H10Cl2FNO3S/c16-11-3-1-10(2-4-11)7-8-23(21,22)19-15(20)13-6-5-12(18)9-14(13)17/h1-9H,(H,19,20)/b8-7+. The summed E-state index contributed by atoms with van der Waals surface area (Å²) >= 11 is 11.4. The number of hydrogen-bond acceptors (Lipinski definition) is 3. The third kappa shape index (κ3) is 5.06. The van der Waals surface area contributed by atoms with E-state index < -0.39 is 21.7 Å². The lowest BCUT2D eigenvalue weighted by atomic mass is 10.2. The van der Waals surface area contributed by atoms with Crippen molar-refractivity contribution in [3.05, 3.63) is 74.9 Å². The van der Waals surface area contributed by atoms with Crippen molar-refractivity contribution in [2.45, 2.75) is 0 Å². The molecule has 0 bridgehead atoms. The van der Waals surface area contributed by atoms with E-state index in [4.69, 9.17) is 23.2 Å². The first kappa shape index (κ1) is 17.5. The van der Waals surface area contributed by atoms with Gasteiger partial charge in [-0.3, -0.25) is 4.79 Å². The van der Waals surface area contributed by atoms with Crippen LogP contribution < -0.4 is 4.72 Å². The van der Waals surface area contributed by atoms with Crippen molar-refractivity contribution < 1.29 is 17.6 Å². The van der Waals surface area contributed by atoms with Crippen molar-refractivity contribution in [1.82, 2.24) is 4.72 Å². The average molecular weight is 374 g/mol. The molecule has 0 atom stereocenters. The molecule has 0 heterocycles. The zero-order valence-electron chi connectivity index (χ0n) is 11.5. The Bertz CT molecular complexity index is 865. The number of carbonyl (C=O) groups excluding carboxylic acids is 1. The normalized spacial score (nSPS) is 11.6. The predicted octanol–water partition coefficient (Wildman–Crippen LogP) is 3.86. The third-order valence-corrected chi connectivity index (χ3v) is 4.25. The molecule has 2 aromatic carbocycles. The summed E-state index contributed by atoms with van der Waals surface area (Å²) in [6.07, 6.45) is 1.30. The topological polar surface area (TPSA) is 63.2 Å². The van der Waals surface area contributed by atoms with Crippen molar-refractivity contribution in [1.29, 1.82) is 0 Å². The average Bonchev–Trinajstić information content (AvgIpc) is 2.46. The molecule has 8 heteroatoms. The highest BCUT2D eigenvalue weighted by molar-refractivity contribution is 7.93. The minimum Gasteiger partial charge on any atom is -0.268 e. The summed E-state index contributed by atoms with van der Waals surface area (Å²) < 4.78 is 38.5. The van der Waals surface area contributed by atoms with Crippen LogP contribution in [0.2, 0.25) is 10.0 Å². The van der Waals surface area contributed by atoms with Crippen molar-refractivity contribution in [3.8, 4) is 0 Å². The molecule has 0 aliphatic heterocycles. The summed E-state index contributed by atoms with van der Waals surface area (Å²) in [5, 5.41) is 1.18. The van der Waals surface area contributed by atoms with Gasteiger partial charge in [0.25, 0.3) is 15.9 Å².